The fraction of sp³-hybridized carbons (Fsp3) is 0.500. The first-order valence-electron chi connectivity index (χ1n) is 6.67. The van der Waals surface area contributed by atoms with Crippen LogP contribution in [0.4, 0.5) is 0 Å². The number of hydrogen-bond acceptors (Lipinski definition) is 5. The first kappa shape index (κ1) is 14.8. The van der Waals surface area contributed by atoms with Gasteiger partial charge in [-0.1, -0.05) is 12.1 Å². The Hall–Kier alpha value is -1.56. The van der Waals surface area contributed by atoms with Crippen LogP contribution in [-0.4, -0.2) is 45.7 Å². The van der Waals surface area contributed by atoms with Crippen molar-refractivity contribution in [3.8, 4) is 0 Å². The van der Waals surface area contributed by atoms with E-state index in [0.29, 0.717) is 11.4 Å². The summed E-state index contributed by atoms with van der Waals surface area (Å²) in [5, 5.41) is 3.27. The second kappa shape index (κ2) is 5.83. The van der Waals surface area contributed by atoms with E-state index < -0.39 is 9.84 Å². The first-order chi connectivity index (χ1) is 9.38. The predicted molar refractivity (Wildman–Crippen MR) is 80.7 cm³/mol. The summed E-state index contributed by atoms with van der Waals surface area (Å²) in [6, 6.07) is 5.53. The van der Waals surface area contributed by atoms with Crippen LogP contribution >= 0.6 is 0 Å². The summed E-state index contributed by atoms with van der Waals surface area (Å²) in [6.07, 6.45) is 2.32. The predicted octanol–water partition coefficient (Wildman–Crippen LogP) is 1.18. The molecule has 0 radical (unpaired) electrons. The molecule has 20 heavy (non-hydrogen) atoms. The van der Waals surface area contributed by atoms with E-state index in [9.17, 15) is 8.42 Å². The Balaban J connectivity index is 2.13. The molecule has 1 aromatic rings. The Morgan fingerprint density at radius 1 is 1.40 bits per heavy atom. The van der Waals surface area contributed by atoms with Crippen LogP contribution in [0.3, 0.4) is 0 Å². The van der Waals surface area contributed by atoms with Gasteiger partial charge >= 0.3 is 0 Å². The molecule has 0 aliphatic carbocycles. The monoisotopic (exact) mass is 295 g/mol. The van der Waals surface area contributed by atoms with Crippen molar-refractivity contribution >= 4 is 15.8 Å². The van der Waals surface area contributed by atoms with Crippen molar-refractivity contribution in [3.05, 3.63) is 29.3 Å². The number of nitrogens with one attached hydrogen (secondary N) is 1. The van der Waals surface area contributed by atoms with Gasteiger partial charge < -0.3 is 10.2 Å². The molecule has 0 fully saturated rings. The summed E-state index contributed by atoms with van der Waals surface area (Å²) >= 11 is 0. The zero-order chi connectivity index (χ0) is 14.8. The summed E-state index contributed by atoms with van der Waals surface area (Å²) in [4.78, 5) is 6.90. The van der Waals surface area contributed by atoms with Crippen molar-refractivity contribution in [1.82, 2.24) is 10.2 Å². The maximum absolute atomic E-state index is 11.7. The van der Waals surface area contributed by atoms with Gasteiger partial charge in [-0.3, -0.25) is 4.99 Å². The zero-order valence-electron chi connectivity index (χ0n) is 12.2. The molecule has 0 spiro atoms. The molecule has 1 aliphatic rings. The van der Waals surface area contributed by atoms with E-state index in [4.69, 9.17) is 0 Å². The highest BCUT2D eigenvalue weighted by Crippen LogP contribution is 2.17. The van der Waals surface area contributed by atoms with E-state index in [-0.39, 0.29) is 0 Å². The SMILES string of the molecule is Cc1ccc(CNC2=NCCCN2C)cc1S(C)(=O)=O. The van der Waals surface area contributed by atoms with E-state index in [1.165, 1.54) is 6.26 Å². The lowest BCUT2D eigenvalue weighted by Crippen LogP contribution is -2.41. The lowest BCUT2D eigenvalue weighted by molar-refractivity contribution is 0.446. The van der Waals surface area contributed by atoms with Gasteiger partial charge in [0.25, 0.3) is 0 Å². The van der Waals surface area contributed by atoms with Crippen LogP contribution in [0, 0.1) is 6.92 Å². The summed E-state index contributed by atoms with van der Waals surface area (Å²) in [7, 11) is -1.18. The third-order valence-corrected chi connectivity index (χ3v) is 4.62. The van der Waals surface area contributed by atoms with Crippen molar-refractivity contribution in [3.63, 3.8) is 0 Å². The van der Waals surface area contributed by atoms with Crippen molar-refractivity contribution in [2.24, 2.45) is 4.99 Å². The highest BCUT2D eigenvalue weighted by atomic mass is 32.2. The molecule has 0 bridgehead atoms. The highest BCUT2D eigenvalue weighted by molar-refractivity contribution is 7.90. The van der Waals surface area contributed by atoms with Gasteiger partial charge in [0.15, 0.2) is 15.8 Å². The molecule has 0 unspecified atom stereocenters. The quantitative estimate of drug-likeness (QED) is 0.909. The van der Waals surface area contributed by atoms with Gasteiger partial charge in [0, 0.05) is 32.9 Å². The number of rotatable bonds is 3. The summed E-state index contributed by atoms with van der Waals surface area (Å²) in [5.41, 5.74) is 1.72. The number of aliphatic imine (C=N–C) groups is 1. The number of guanidine groups is 1. The van der Waals surface area contributed by atoms with Crippen LogP contribution in [0.1, 0.15) is 17.5 Å². The molecule has 5 nitrogen and oxygen atoms in total. The third kappa shape index (κ3) is 3.50. The zero-order valence-corrected chi connectivity index (χ0v) is 13.0. The Labute approximate surface area is 120 Å². The Kier molecular flexibility index (Phi) is 4.32. The first-order valence-corrected chi connectivity index (χ1v) is 8.56. The lowest BCUT2D eigenvalue weighted by atomic mass is 10.1. The van der Waals surface area contributed by atoms with E-state index in [1.54, 1.807) is 6.07 Å². The Morgan fingerprint density at radius 2 is 2.15 bits per heavy atom. The van der Waals surface area contributed by atoms with Crippen molar-refractivity contribution in [2.75, 3.05) is 26.4 Å². The second-order valence-electron chi connectivity index (χ2n) is 5.21. The van der Waals surface area contributed by atoms with Crippen molar-refractivity contribution in [2.45, 2.75) is 24.8 Å². The number of nitrogens with zero attached hydrogens (tertiary/aromatic N) is 2. The minimum atomic E-state index is -3.18. The van der Waals surface area contributed by atoms with E-state index in [0.717, 1.165) is 36.6 Å². The summed E-state index contributed by atoms with van der Waals surface area (Å²) in [5.74, 6) is 0.873. The van der Waals surface area contributed by atoms with Crippen LogP contribution in [0.25, 0.3) is 0 Å². The van der Waals surface area contributed by atoms with Crippen molar-refractivity contribution in [1.29, 1.82) is 0 Å². The van der Waals surface area contributed by atoms with Gasteiger partial charge in [0.05, 0.1) is 4.90 Å². The molecule has 0 saturated carbocycles. The maximum atomic E-state index is 11.7. The van der Waals surface area contributed by atoms with Crippen LogP contribution in [-0.2, 0) is 16.4 Å². The standard InChI is InChI=1S/C14H21N3O2S/c1-11-5-6-12(9-13(11)20(3,18)19)10-16-14-15-7-4-8-17(14)2/h5-6,9H,4,7-8,10H2,1-3H3,(H,15,16). The number of sulfone groups is 1. The Morgan fingerprint density at radius 3 is 2.80 bits per heavy atom. The highest BCUT2D eigenvalue weighted by Gasteiger charge is 2.13. The van der Waals surface area contributed by atoms with Crippen molar-refractivity contribution < 1.29 is 8.42 Å². The normalized spacial score (nSPS) is 15.9. The molecule has 0 aromatic heterocycles. The lowest BCUT2D eigenvalue weighted by Gasteiger charge is -2.25. The molecule has 1 aliphatic heterocycles. The molecule has 2 rings (SSSR count). The van der Waals surface area contributed by atoms with Gasteiger partial charge in [-0.2, -0.15) is 0 Å². The fourth-order valence-corrected chi connectivity index (χ4v) is 3.26. The number of benzene rings is 1. The van der Waals surface area contributed by atoms with Gasteiger partial charge in [0.2, 0.25) is 0 Å². The van der Waals surface area contributed by atoms with Gasteiger partial charge in [-0.05, 0) is 30.5 Å². The molecule has 1 aromatic carbocycles. The fourth-order valence-electron chi connectivity index (χ4n) is 2.25. The summed E-state index contributed by atoms with van der Waals surface area (Å²) < 4.78 is 23.4. The van der Waals surface area contributed by atoms with Crippen LogP contribution in [0.5, 0.6) is 0 Å². The molecule has 0 saturated heterocycles. The maximum Gasteiger partial charge on any atom is 0.193 e. The van der Waals surface area contributed by atoms with E-state index in [2.05, 4.69) is 15.2 Å². The molecule has 110 valence electrons. The van der Waals surface area contributed by atoms with Gasteiger partial charge in [-0.25, -0.2) is 8.42 Å². The topological polar surface area (TPSA) is 61.8 Å². The third-order valence-electron chi connectivity index (χ3n) is 3.38. The average Bonchev–Trinajstić information content (AvgIpc) is 2.38. The Bertz CT molecular complexity index is 623. The number of aryl methyl sites for hydroxylation is 1. The summed E-state index contributed by atoms with van der Waals surface area (Å²) in [6.45, 7) is 4.22. The second-order valence-corrected chi connectivity index (χ2v) is 7.19. The number of hydrogen-bond donors (Lipinski definition) is 1. The van der Waals surface area contributed by atoms with Crippen LogP contribution < -0.4 is 5.32 Å². The minimum absolute atomic E-state index is 0.399. The van der Waals surface area contributed by atoms with E-state index >= 15 is 0 Å². The molecule has 1 heterocycles. The smallest absolute Gasteiger partial charge is 0.193 e. The van der Waals surface area contributed by atoms with E-state index in [1.807, 2.05) is 26.1 Å². The van der Waals surface area contributed by atoms with Crippen LogP contribution in [0.2, 0.25) is 0 Å². The molecule has 0 amide bonds. The largest absolute Gasteiger partial charge is 0.352 e. The minimum Gasteiger partial charge on any atom is -0.352 e. The molecular weight excluding hydrogens is 274 g/mol. The average molecular weight is 295 g/mol. The van der Waals surface area contributed by atoms with Crippen LogP contribution in [0.15, 0.2) is 28.1 Å². The molecular formula is C14H21N3O2S. The van der Waals surface area contributed by atoms with Gasteiger partial charge in [-0.15, -0.1) is 0 Å². The van der Waals surface area contributed by atoms with Gasteiger partial charge in [0.1, 0.15) is 0 Å². The molecule has 0 atom stereocenters. The molecule has 6 heteroatoms. The molecule has 1 N–H and O–H groups in total.